The fourth-order valence-corrected chi connectivity index (χ4v) is 3.07. The lowest BCUT2D eigenvalue weighted by atomic mass is 10.0. The number of aromatic nitrogens is 2. The second kappa shape index (κ2) is 5.93. The molecule has 0 aliphatic carbocycles. The molecule has 1 saturated heterocycles. The molecule has 1 fully saturated rings. The fraction of sp³-hybridized carbons (Fsp3) is 0.412. The third kappa shape index (κ3) is 2.76. The molecule has 1 aromatic carbocycles. The molecule has 3 rings (SSSR count). The molecule has 1 amide bonds. The van der Waals surface area contributed by atoms with E-state index in [-0.39, 0.29) is 11.9 Å². The van der Waals surface area contributed by atoms with Crippen LogP contribution >= 0.6 is 0 Å². The van der Waals surface area contributed by atoms with Gasteiger partial charge in [0.05, 0.1) is 17.3 Å². The van der Waals surface area contributed by atoms with Gasteiger partial charge in [-0.05, 0) is 19.5 Å². The van der Waals surface area contributed by atoms with E-state index in [1.165, 1.54) is 5.56 Å². The number of likely N-dealkylation sites (N-methyl/N-ethyl adjacent to an activating group) is 1. The van der Waals surface area contributed by atoms with Gasteiger partial charge in [-0.1, -0.05) is 30.3 Å². The van der Waals surface area contributed by atoms with Gasteiger partial charge in [-0.3, -0.25) is 14.4 Å². The van der Waals surface area contributed by atoms with Crippen molar-refractivity contribution in [1.29, 1.82) is 0 Å². The molecule has 0 saturated carbocycles. The number of hydrogen-bond donors (Lipinski definition) is 0. The molecule has 0 bridgehead atoms. The third-order valence-corrected chi connectivity index (χ3v) is 4.36. The topological polar surface area (TPSA) is 41.4 Å². The third-order valence-electron chi connectivity index (χ3n) is 4.36. The van der Waals surface area contributed by atoms with Crippen LogP contribution in [-0.4, -0.2) is 52.2 Å². The number of carbonyl (C=O) groups excluding carboxylic acids is 1. The van der Waals surface area contributed by atoms with Crippen LogP contribution in [0.2, 0.25) is 0 Å². The van der Waals surface area contributed by atoms with Gasteiger partial charge < -0.3 is 4.90 Å². The Labute approximate surface area is 131 Å². The Kier molecular flexibility index (Phi) is 3.98. The van der Waals surface area contributed by atoms with Crippen LogP contribution in [0, 0.1) is 6.92 Å². The molecule has 22 heavy (non-hydrogen) atoms. The molecule has 0 radical (unpaired) electrons. The fourth-order valence-electron chi connectivity index (χ4n) is 3.07. The van der Waals surface area contributed by atoms with Crippen LogP contribution < -0.4 is 0 Å². The van der Waals surface area contributed by atoms with Gasteiger partial charge >= 0.3 is 0 Å². The summed E-state index contributed by atoms with van der Waals surface area (Å²) in [6.45, 7) is 4.24. The maximum Gasteiger partial charge on any atom is 0.257 e. The predicted molar refractivity (Wildman–Crippen MR) is 85.7 cm³/mol. The summed E-state index contributed by atoms with van der Waals surface area (Å²) in [6, 6.07) is 10.6. The molecule has 2 aromatic rings. The summed E-state index contributed by atoms with van der Waals surface area (Å²) in [5, 5.41) is 4.28. The van der Waals surface area contributed by atoms with E-state index < -0.39 is 0 Å². The maximum absolute atomic E-state index is 12.8. The van der Waals surface area contributed by atoms with E-state index in [2.05, 4.69) is 41.3 Å². The summed E-state index contributed by atoms with van der Waals surface area (Å²) in [5.74, 6) is 0.0830. The smallest absolute Gasteiger partial charge is 0.257 e. The van der Waals surface area contributed by atoms with Crippen molar-refractivity contribution in [2.24, 2.45) is 7.05 Å². The lowest BCUT2D eigenvalue weighted by Gasteiger charge is -2.39. The molecule has 116 valence electrons. The van der Waals surface area contributed by atoms with E-state index in [0.29, 0.717) is 12.1 Å². The molecule has 1 aliphatic rings. The highest BCUT2D eigenvalue weighted by Gasteiger charge is 2.30. The Morgan fingerprint density at radius 2 is 1.91 bits per heavy atom. The van der Waals surface area contributed by atoms with E-state index >= 15 is 0 Å². The summed E-state index contributed by atoms with van der Waals surface area (Å²) in [4.78, 5) is 17.0. The summed E-state index contributed by atoms with van der Waals surface area (Å²) in [6.07, 6.45) is 1.81. The first-order valence-electron chi connectivity index (χ1n) is 7.61. The van der Waals surface area contributed by atoms with E-state index in [9.17, 15) is 4.79 Å². The lowest BCUT2D eigenvalue weighted by molar-refractivity contribution is 0.0545. The Morgan fingerprint density at radius 1 is 1.18 bits per heavy atom. The number of carbonyl (C=O) groups is 1. The van der Waals surface area contributed by atoms with E-state index in [1.807, 2.05) is 31.1 Å². The standard InChI is InChI=1S/C17H22N4O/c1-13-15(11-20(3)18-13)17(22)21-10-9-19(2)16(12-21)14-7-5-4-6-8-14/h4-8,11,16H,9-10,12H2,1-3H3. The van der Waals surface area contributed by atoms with Gasteiger partial charge in [0.1, 0.15) is 0 Å². The minimum atomic E-state index is 0.0830. The molecule has 1 atom stereocenters. The molecule has 1 aromatic heterocycles. The molecule has 2 heterocycles. The van der Waals surface area contributed by atoms with Crippen LogP contribution in [0.4, 0.5) is 0 Å². The number of piperazine rings is 1. The van der Waals surface area contributed by atoms with Crippen LogP contribution in [0.1, 0.15) is 27.7 Å². The Balaban J connectivity index is 1.81. The van der Waals surface area contributed by atoms with Crippen molar-refractivity contribution >= 4 is 5.91 Å². The minimum Gasteiger partial charge on any atom is -0.335 e. The van der Waals surface area contributed by atoms with Crippen molar-refractivity contribution in [1.82, 2.24) is 19.6 Å². The van der Waals surface area contributed by atoms with E-state index in [4.69, 9.17) is 0 Å². The Hall–Kier alpha value is -2.14. The highest BCUT2D eigenvalue weighted by molar-refractivity contribution is 5.95. The molecule has 1 aliphatic heterocycles. The largest absolute Gasteiger partial charge is 0.335 e. The summed E-state index contributed by atoms with van der Waals surface area (Å²) in [7, 11) is 3.97. The molecular formula is C17H22N4O. The second-order valence-corrected chi connectivity index (χ2v) is 5.96. The summed E-state index contributed by atoms with van der Waals surface area (Å²) in [5.41, 5.74) is 2.76. The zero-order valence-corrected chi connectivity index (χ0v) is 13.4. The van der Waals surface area contributed by atoms with Gasteiger partial charge in [0.15, 0.2) is 0 Å². The Morgan fingerprint density at radius 3 is 2.55 bits per heavy atom. The van der Waals surface area contributed by atoms with Gasteiger partial charge in [-0.15, -0.1) is 0 Å². The Bertz CT molecular complexity index is 665. The highest BCUT2D eigenvalue weighted by Crippen LogP contribution is 2.25. The first-order chi connectivity index (χ1) is 10.6. The SMILES string of the molecule is Cc1nn(C)cc1C(=O)N1CCN(C)C(c2ccccc2)C1. The lowest BCUT2D eigenvalue weighted by Crippen LogP contribution is -2.49. The molecule has 5 heteroatoms. The summed E-state index contributed by atoms with van der Waals surface area (Å²) >= 11 is 0. The first kappa shape index (κ1) is 14.8. The second-order valence-electron chi connectivity index (χ2n) is 5.96. The molecule has 1 unspecified atom stereocenters. The van der Waals surface area contributed by atoms with Crippen LogP contribution in [0.3, 0.4) is 0 Å². The zero-order chi connectivity index (χ0) is 15.7. The van der Waals surface area contributed by atoms with Crippen LogP contribution in [0.25, 0.3) is 0 Å². The maximum atomic E-state index is 12.8. The monoisotopic (exact) mass is 298 g/mol. The van der Waals surface area contributed by atoms with Crippen molar-refractivity contribution in [3.05, 3.63) is 53.3 Å². The number of amides is 1. The number of rotatable bonds is 2. The van der Waals surface area contributed by atoms with Crippen molar-refractivity contribution < 1.29 is 4.79 Å². The van der Waals surface area contributed by atoms with E-state index in [0.717, 1.165) is 18.8 Å². The summed E-state index contributed by atoms with van der Waals surface area (Å²) < 4.78 is 1.70. The van der Waals surface area contributed by atoms with Crippen LogP contribution in [-0.2, 0) is 7.05 Å². The van der Waals surface area contributed by atoms with Gasteiger partial charge in [0.2, 0.25) is 0 Å². The van der Waals surface area contributed by atoms with Crippen LogP contribution in [0.15, 0.2) is 36.5 Å². The number of benzene rings is 1. The van der Waals surface area contributed by atoms with Crippen molar-refractivity contribution in [2.45, 2.75) is 13.0 Å². The van der Waals surface area contributed by atoms with E-state index in [1.54, 1.807) is 4.68 Å². The van der Waals surface area contributed by atoms with Crippen molar-refractivity contribution in [3.63, 3.8) is 0 Å². The number of hydrogen-bond acceptors (Lipinski definition) is 3. The van der Waals surface area contributed by atoms with Gasteiger partial charge in [-0.25, -0.2) is 0 Å². The van der Waals surface area contributed by atoms with Crippen LogP contribution in [0.5, 0.6) is 0 Å². The zero-order valence-electron chi connectivity index (χ0n) is 13.4. The molecule has 0 N–H and O–H groups in total. The number of nitrogens with zero attached hydrogens (tertiary/aromatic N) is 4. The quantitative estimate of drug-likeness (QED) is 0.850. The average Bonchev–Trinajstić information content (AvgIpc) is 2.86. The van der Waals surface area contributed by atoms with Crippen molar-refractivity contribution in [2.75, 3.05) is 26.7 Å². The van der Waals surface area contributed by atoms with Gasteiger partial charge in [0.25, 0.3) is 5.91 Å². The van der Waals surface area contributed by atoms with Gasteiger partial charge in [-0.2, -0.15) is 5.10 Å². The normalized spacial score (nSPS) is 19.4. The predicted octanol–water partition coefficient (Wildman–Crippen LogP) is 1.86. The minimum absolute atomic E-state index is 0.0830. The van der Waals surface area contributed by atoms with Gasteiger partial charge in [0, 0.05) is 32.9 Å². The average molecular weight is 298 g/mol. The molecular weight excluding hydrogens is 276 g/mol. The molecule has 0 spiro atoms. The first-order valence-corrected chi connectivity index (χ1v) is 7.61. The number of aryl methyl sites for hydroxylation is 2. The molecule has 5 nitrogen and oxygen atoms in total. The van der Waals surface area contributed by atoms with Crippen molar-refractivity contribution in [3.8, 4) is 0 Å². The highest BCUT2D eigenvalue weighted by atomic mass is 16.2.